The van der Waals surface area contributed by atoms with Crippen molar-refractivity contribution in [2.24, 2.45) is 0 Å². The van der Waals surface area contributed by atoms with Crippen LogP contribution in [-0.2, 0) is 4.74 Å². The number of anilines is 1. The number of rotatable bonds is 3. The molecule has 1 amide bonds. The van der Waals surface area contributed by atoms with Gasteiger partial charge < -0.3 is 10.1 Å². The van der Waals surface area contributed by atoms with Crippen LogP contribution in [0.25, 0.3) is 10.9 Å². The monoisotopic (exact) mass is 312 g/mol. The van der Waals surface area contributed by atoms with Crippen LogP contribution in [0, 0.1) is 0 Å². The lowest BCUT2D eigenvalue weighted by Gasteiger charge is -2.06. The molecule has 0 spiro atoms. The maximum Gasteiger partial charge on any atom is 0.348 e. The first-order valence-electron chi connectivity index (χ1n) is 6.52. The number of hydrogen-bond acceptors (Lipinski definition) is 5. The van der Waals surface area contributed by atoms with Crippen LogP contribution in [0.3, 0.4) is 0 Å². The summed E-state index contributed by atoms with van der Waals surface area (Å²) in [6.45, 7) is 0. The molecule has 1 aromatic carbocycles. The van der Waals surface area contributed by atoms with E-state index in [-0.39, 0.29) is 5.91 Å². The molecule has 5 nitrogen and oxygen atoms in total. The average molecular weight is 312 g/mol. The van der Waals surface area contributed by atoms with Gasteiger partial charge in [0, 0.05) is 11.6 Å². The van der Waals surface area contributed by atoms with Gasteiger partial charge in [0.1, 0.15) is 4.88 Å². The number of pyridine rings is 1. The highest BCUT2D eigenvalue weighted by Crippen LogP contribution is 2.23. The second-order valence-corrected chi connectivity index (χ2v) is 5.57. The van der Waals surface area contributed by atoms with E-state index < -0.39 is 5.97 Å². The number of hydrogen-bond donors (Lipinski definition) is 1. The summed E-state index contributed by atoms with van der Waals surface area (Å²) in [6.07, 6.45) is 1.68. The molecule has 3 aromatic rings. The van der Waals surface area contributed by atoms with Crippen molar-refractivity contribution >= 4 is 39.8 Å². The van der Waals surface area contributed by atoms with Crippen molar-refractivity contribution in [3.63, 3.8) is 0 Å². The molecule has 22 heavy (non-hydrogen) atoms. The average Bonchev–Trinajstić information content (AvgIpc) is 3.04. The number of para-hydroxylation sites is 1. The highest BCUT2D eigenvalue weighted by Gasteiger charge is 2.15. The molecule has 0 aliphatic rings. The number of nitrogens with zero attached hydrogens (tertiary/aromatic N) is 1. The predicted octanol–water partition coefficient (Wildman–Crippen LogP) is 3.34. The molecule has 6 heteroatoms. The Kier molecular flexibility index (Phi) is 3.84. The van der Waals surface area contributed by atoms with Crippen molar-refractivity contribution in [1.29, 1.82) is 0 Å². The fraction of sp³-hybridized carbons (Fsp3) is 0.0625. The number of fused-ring (bicyclic) bond motifs is 1. The van der Waals surface area contributed by atoms with Crippen molar-refractivity contribution < 1.29 is 14.3 Å². The maximum atomic E-state index is 12.3. The zero-order chi connectivity index (χ0) is 15.5. The smallest absolute Gasteiger partial charge is 0.348 e. The molecule has 0 saturated heterocycles. The largest absolute Gasteiger partial charge is 0.465 e. The van der Waals surface area contributed by atoms with Gasteiger partial charge in [0.15, 0.2) is 0 Å². The van der Waals surface area contributed by atoms with Gasteiger partial charge in [-0.2, -0.15) is 0 Å². The number of carbonyl (C=O) groups is 2. The lowest BCUT2D eigenvalue weighted by atomic mass is 10.2. The fourth-order valence-corrected chi connectivity index (χ4v) is 2.88. The topological polar surface area (TPSA) is 68.3 Å². The van der Waals surface area contributed by atoms with E-state index in [1.165, 1.54) is 7.11 Å². The van der Waals surface area contributed by atoms with E-state index in [9.17, 15) is 9.59 Å². The first kappa shape index (κ1) is 14.2. The van der Waals surface area contributed by atoms with E-state index in [0.717, 1.165) is 22.2 Å². The fourth-order valence-electron chi connectivity index (χ4n) is 2.06. The molecule has 0 radical (unpaired) electrons. The number of amides is 1. The summed E-state index contributed by atoms with van der Waals surface area (Å²) in [4.78, 5) is 28.9. The summed E-state index contributed by atoms with van der Waals surface area (Å²) in [5, 5.41) is 3.77. The normalized spacial score (nSPS) is 10.4. The zero-order valence-electron chi connectivity index (χ0n) is 11.7. The van der Waals surface area contributed by atoms with E-state index in [2.05, 4.69) is 15.0 Å². The standard InChI is InChI=1S/C16H12N2O3S/c1-21-16(20)13-8-7-12(22-13)15(19)18-11-6-2-4-10-5-3-9-17-14(10)11/h2-9H,1H3,(H,18,19). The molecular weight excluding hydrogens is 300 g/mol. The number of esters is 1. The Bertz CT molecular complexity index is 852. The van der Waals surface area contributed by atoms with Gasteiger partial charge >= 0.3 is 5.97 Å². The summed E-state index contributed by atoms with van der Waals surface area (Å²) in [7, 11) is 1.31. The van der Waals surface area contributed by atoms with Crippen molar-refractivity contribution in [1.82, 2.24) is 4.98 Å². The number of carbonyl (C=O) groups excluding carboxylic acids is 2. The van der Waals surface area contributed by atoms with Crippen LogP contribution in [0.5, 0.6) is 0 Å². The van der Waals surface area contributed by atoms with Crippen molar-refractivity contribution in [2.75, 3.05) is 12.4 Å². The minimum Gasteiger partial charge on any atom is -0.465 e. The number of ether oxygens (including phenoxy) is 1. The Morgan fingerprint density at radius 3 is 2.68 bits per heavy atom. The summed E-state index contributed by atoms with van der Waals surface area (Å²) in [5.41, 5.74) is 1.36. The van der Waals surface area contributed by atoms with Gasteiger partial charge in [-0.3, -0.25) is 9.78 Å². The van der Waals surface area contributed by atoms with Crippen molar-refractivity contribution in [3.8, 4) is 0 Å². The Hall–Kier alpha value is -2.73. The number of benzene rings is 1. The van der Waals surface area contributed by atoms with E-state index in [1.54, 1.807) is 24.4 Å². The van der Waals surface area contributed by atoms with Crippen LogP contribution < -0.4 is 5.32 Å². The molecule has 1 N–H and O–H groups in total. The minimum absolute atomic E-state index is 0.279. The molecule has 0 saturated carbocycles. The van der Waals surface area contributed by atoms with Gasteiger partial charge in [-0.1, -0.05) is 18.2 Å². The second-order valence-electron chi connectivity index (χ2n) is 4.49. The van der Waals surface area contributed by atoms with E-state index in [0.29, 0.717) is 15.4 Å². The third-order valence-corrected chi connectivity index (χ3v) is 4.16. The number of aromatic nitrogens is 1. The third kappa shape index (κ3) is 2.68. The van der Waals surface area contributed by atoms with Crippen LogP contribution in [0.1, 0.15) is 19.3 Å². The molecule has 3 rings (SSSR count). The molecule has 0 aliphatic carbocycles. The van der Waals surface area contributed by atoms with Gasteiger partial charge in [-0.05, 0) is 24.3 Å². The highest BCUT2D eigenvalue weighted by atomic mass is 32.1. The summed E-state index contributed by atoms with van der Waals surface area (Å²) in [5.74, 6) is -0.728. The number of nitrogens with one attached hydrogen (secondary N) is 1. The molecule has 0 fully saturated rings. The zero-order valence-corrected chi connectivity index (χ0v) is 12.5. The van der Waals surface area contributed by atoms with Crippen LogP contribution >= 0.6 is 11.3 Å². The van der Waals surface area contributed by atoms with Gasteiger partial charge in [-0.25, -0.2) is 4.79 Å². The SMILES string of the molecule is COC(=O)c1ccc(C(=O)Nc2cccc3cccnc23)s1. The summed E-state index contributed by atoms with van der Waals surface area (Å²) >= 11 is 1.09. The predicted molar refractivity (Wildman–Crippen MR) is 85.4 cm³/mol. The van der Waals surface area contributed by atoms with Crippen LogP contribution in [-0.4, -0.2) is 24.0 Å². The van der Waals surface area contributed by atoms with Crippen molar-refractivity contribution in [2.45, 2.75) is 0 Å². The molecule has 0 atom stereocenters. The molecule has 110 valence electrons. The Morgan fingerprint density at radius 1 is 1.09 bits per heavy atom. The first-order chi connectivity index (χ1) is 10.7. The molecular formula is C16H12N2O3S. The minimum atomic E-state index is -0.448. The summed E-state index contributed by atoms with van der Waals surface area (Å²) < 4.78 is 4.64. The van der Waals surface area contributed by atoms with E-state index in [1.807, 2.05) is 24.3 Å². The first-order valence-corrected chi connectivity index (χ1v) is 7.34. The summed E-state index contributed by atoms with van der Waals surface area (Å²) in [6, 6.07) is 12.5. The third-order valence-electron chi connectivity index (χ3n) is 3.10. The van der Waals surface area contributed by atoms with Crippen molar-refractivity contribution in [3.05, 3.63) is 58.4 Å². The van der Waals surface area contributed by atoms with Gasteiger partial charge in [0.05, 0.1) is 23.2 Å². The number of thiophene rings is 1. The van der Waals surface area contributed by atoms with E-state index in [4.69, 9.17) is 0 Å². The van der Waals surface area contributed by atoms with Gasteiger partial charge in [-0.15, -0.1) is 11.3 Å². The van der Waals surface area contributed by atoms with Crippen LogP contribution in [0.2, 0.25) is 0 Å². The van der Waals surface area contributed by atoms with Crippen LogP contribution in [0.4, 0.5) is 5.69 Å². The van der Waals surface area contributed by atoms with Crippen LogP contribution in [0.15, 0.2) is 48.7 Å². The maximum absolute atomic E-state index is 12.3. The molecule has 0 unspecified atom stereocenters. The second kappa shape index (κ2) is 5.95. The molecule has 2 heterocycles. The Balaban J connectivity index is 1.87. The number of methoxy groups -OCH3 is 1. The molecule has 0 bridgehead atoms. The quantitative estimate of drug-likeness (QED) is 0.753. The lowest BCUT2D eigenvalue weighted by molar-refractivity contribution is 0.0606. The molecule has 0 aliphatic heterocycles. The van der Waals surface area contributed by atoms with E-state index >= 15 is 0 Å². The van der Waals surface area contributed by atoms with Gasteiger partial charge in [0.2, 0.25) is 0 Å². The Morgan fingerprint density at radius 2 is 1.86 bits per heavy atom. The Labute approximate surface area is 130 Å². The highest BCUT2D eigenvalue weighted by molar-refractivity contribution is 7.16. The molecule has 2 aromatic heterocycles. The van der Waals surface area contributed by atoms with Gasteiger partial charge in [0.25, 0.3) is 5.91 Å². The lowest BCUT2D eigenvalue weighted by Crippen LogP contribution is -2.10.